The van der Waals surface area contributed by atoms with Crippen molar-refractivity contribution in [2.45, 2.75) is 26.2 Å². The quantitative estimate of drug-likeness (QED) is 0.674. The molecule has 0 radical (unpaired) electrons. The van der Waals surface area contributed by atoms with Gasteiger partial charge in [0, 0.05) is 19.0 Å². The van der Waals surface area contributed by atoms with Gasteiger partial charge in [-0.05, 0) is 38.3 Å². The standard InChI is InChI=1S/C11H20N2O/c1-9-4-7-13(8-9)11(14)10-2-5-12-6-3-10/h9-10,12H,2-8H2,1H3/t9-/m1/s1. The highest BCUT2D eigenvalue weighted by atomic mass is 16.2. The molecule has 3 heteroatoms. The SMILES string of the molecule is C[C@@H]1CCN(C(=O)C2CCNCC2)C1. The Morgan fingerprint density at radius 1 is 1.29 bits per heavy atom. The van der Waals surface area contributed by atoms with E-state index < -0.39 is 0 Å². The lowest BCUT2D eigenvalue weighted by molar-refractivity contribution is -0.135. The largest absolute Gasteiger partial charge is 0.342 e. The highest BCUT2D eigenvalue weighted by Gasteiger charge is 2.29. The van der Waals surface area contributed by atoms with E-state index in [2.05, 4.69) is 17.1 Å². The molecule has 0 spiro atoms. The van der Waals surface area contributed by atoms with Crippen molar-refractivity contribution in [2.75, 3.05) is 26.2 Å². The van der Waals surface area contributed by atoms with Crippen molar-refractivity contribution in [3.05, 3.63) is 0 Å². The number of nitrogens with one attached hydrogen (secondary N) is 1. The van der Waals surface area contributed by atoms with Crippen LogP contribution in [0, 0.1) is 11.8 Å². The summed E-state index contributed by atoms with van der Waals surface area (Å²) in [5.41, 5.74) is 0. The number of rotatable bonds is 1. The van der Waals surface area contributed by atoms with Crippen molar-refractivity contribution in [2.24, 2.45) is 11.8 Å². The summed E-state index contributed by atoms with van der Waals surface area (Å²) in [7, 11) is 0. The van der Waals surface area contributed by atoms with E-state index in [4.69, 9.17) is 0 Å². The molecule has 1 amide bonds. The van der Waals surface area contributed by atoms with Crippen LogP contribution in [-0.2, 0) is 4.79 Å². The molecule has 2 saturated heterocycles. The summed E-state index contributed by atoms with van der Waals surface area (Å²) in [4.78, 5) is 14.1. The van der Waals surface area contributed by atoms with Gasteiger partial charge in [0.05, 0.1) is 0 Å². The van der Waals surface area contributed by atoms with Crippen LogP contribution < -0.4 is 5.32 Å². The Morgan fingerprint density at radius 3 is 2.57 bits per heavy atom. The number of carbonyl (C=O) groups excluding carboxylic acids is 1. The molecule has 3 nitrogen and oxygen atoms in total. The molecule has 0 aromatic heterocycles. The van der Waals surface area contributed by atoms with Crippen LogP contribution in [0.5, 0.6) is 0 Å². The Labute approximate surface area is 85.8 Å². The van der Waals surface area contributed by atoms with E-state index in [9.17, 15) is 4.79 Å². The molecule has 1 atom stereocenters. The van der Waals surface area contributed by atoms with E-state index >= 15 is 0 Å². The minimum absolute atomic E-state index is 0.307. The van der Waals surface area contributed by atoms with E-state index in [-0.39, 0.29) is 0 Å². The molecule has 14 heavy (non-hydrogen) atoms. The van der Waals surface area contributed by atoms with E-state index in [1.54, 1.807) is 0 Å². The number of likely N-dealkylation sites (tertiary alicyclic amines) is 1. The molecule has 2 heterocycles. The zero-order valence-corrected chi connectivity index (χ0v) is 8.96. The van der Waals surface area contributed by atoms with Gasteiger partial charge in [0.1, 0.15) is 0 Å². The van der Waals surface area contributed by atoms with Crippen LogP contribution in [0.3, 0.4) is 0 Å². The predicted octanol–water partition coefficient (Wildman–Crippen LogP) is 0.854. The monoisotopic (exact) mass is 196 g/mol. The molecule has 0 aromatic carbocycles. The molecular weight excluding hydrogens is 176 g/mol. The fourth-order valence-electron chi connectivity index (χ4n) is 2.46. The number of hydrogen-bond acceptors (Lipinski definition) is 2. The van der Waals surface area contributed by atoms with Crippen molar-refractivity contribution >= 4 is 5.91 Å². The third kappa shape index (κ3) is 2.08. The van der Waals surface area contributed by atoms with Gasteiger partial charge in [0.15, 0.2) is 0 Å². The summed E-state index contributed by atoms with van der Waals surface area (Å²) < 4.78 is 0. The number of amides is 1. The maximum atomic E-state index is 12.0. The van der Waals surface area contributed by atoms with Gasteiger partial charge in [0.2, 0.25) is 5.91 Å². The smallest absolute Gasteiger partial charge is 0.225 e. The van der Waals surface area contributed by atoms with Gasteiger partial charge >= 0.3 is 0 Å². The van der Waals surface area contributed by atoms with Gasteiger partial charge in [-0.1, -0.05) is 6.92 Å². The third-order valence-electron chi connectivity index (χ3n) is 3.42. The van der Waals surface area contributed by atoms with Crippen molar-refractivity contribution in [1.29, 1.82) is 0 Å². The lowest BCUT2D eigenvalue weighted by Gasteiger charge is -2.26. The second-order valence-electron chi connectivity index (χ2n) is 4.70. The van der Waals surface area contributed by atoms with Gasteiger partial charge in [-0.15, -0.1) is 0 Å². The molecule has 80 valence electrons. The second kappa shape index (κ2) is 4.30. The maximum absolute atomic E-state index is 12.0. The topological polar surface area (TPSA) is 32.3 Å². The van der Waals surface area contributed by atoms with Gasteiger partial charge in [-0.3, -0.25) is 4.79 Å². The minimum Gasteiger partial charge on any atom is -0.342 e. The van der Waals surface area contributed by atoms with E-state index in [0.29, 0.717) is 17.7 Å². The van der Waals surface area contributed by atoms with Gasteiger partial charge in [-0.25, -0.2) is 0 Å². The Morgan fingerprint density at radius 2 is 2.00 bits per heavy atom. The first-order valence-corrected chi connectivity index (χ1v) is 5.77. The van der Waals surface area contributed by atoms with Crippen LogP contribution in [-0.4, -0.2) is 37.0 Å². The molecule has 2 aliphatic rings. The van der Waals surface area contributed by atoms with Crippen molar-refractivity contribution < 1.29 is 4.79 Å². The van der Waals surface area contributed by atoms with Crippen LogP contribution in [0.25, 0.3) is 0 Å². The normalized spacial score (nSPS) is 29.5. The lowest BCUT2D eigenvalue weighted by Crippen LogP contribution is -2.39. The highest BCUT2D eigenvalue weighted by molar-refractivity contribution is 5.79. The van der Waals surface area contributed by atoms with E-state index in [1.165, 1.54) is 6.42 Å². The summed E-state index contributed by atoms with van der Waals surface area (Å²) in [6.07, 6.45) is 3.25. The average molecular weight is 196 g/mol. The number of carbonyl (C=O) groups is 1. The third-order valence-corrected chi connectivity index (χ3v) is 3.42. The fraction of sp³-hybridized carbons (Fsp3) is 0.909. The zero-order chi connectivity index (χ0) is 9.97. The average Bonchev–Trinajstić information content (AvgIpc) is 2.65. The predicted molar refractivity (Wildman–Crippen MR) is 56.0 cm³/mol. The number of piperidine rings is 1. The van der Waals surface area contributed by atoms with Crippen LogP contribution >= 0.6 is 0 Å². The van der Waals surface area contributed by atoms with Crippen molar-refractivity contribution in [3.63, 3.8) is 0 Å². The first-order chi connectivity index (χ1) is 6.77. The van der Waals surface area contributed by atoms with E-state index in [1.807, 2.05) is 0 Å². The summed E-state index contributed by atoms with van der Waals surface area (Å²) in [5, 5.41) is 3.30. The summed E-state index contributed by atoms with van der Waals surface area (Å²) in [6, 6.07) is 0. The molecule has 2 aliphatic heterocycles. The Hall–Kier alpha value is -0.570. The summed E-state index contributed by atoms with van der Waals surface area (Å²) >= 11 is 0. The maximum Gasteiger partial charge on any atom is 0.225 e. The van der Waals surface area contributed by atoms with Gasteiger partial charge < -0.3 is 10.2 Å². The van der Waals surface area contributed by atoms with Crippen LogP contribution in [0.15, 0.2) is 0 Å². The molecule has 0 unspecified atom stereocenters. The Bertz CT molecular complexity index is 205. The molecular formula is C11H20N2O. The van der Waals surface area contributed by atoms with Gasteiger partial charge in [-0.2, -0.15) is 0 Å². The first kappa shape index (κ1) is 9.97. The molecule has 2 fully saturated rings. The van der Waals surface area contributed by atoms with Gasteiger partial charge in [0.25, 0.3) is 0 Å². The first-order valence-electron chi connectivity index (χ1n) is 5.77. The summed E-state index contributed by atoms with van der Waals surface area (Å²) in [6.45, 7) is 6.24. The number of hydrogen-bond donors (Lipinski definition) is 1. The molecule has 0 saturated carbocycles. The minimum atomic E-state index is 0.307. The molecule has 1 N–H and O–H groups in total. The fourth-order valence-corrected chi connectivity index (χ4v) is 2.46. The molecule has 0 aromatic rings. The van der Waals surface area contributed by atoms with E-state index in [0.717, 1.165) is 39.0 Å². The molecule has 2 rings (SSSR count). The second-order valence-corrected chi connectivity index (χ2v) is 4.70. The number of nitrogens with zero attached hydrogens (tertiary/aromatic N) is 1. The van der Waals surface area contributed by atoms with Crippen LogP contribution in [0.2, 0.25) is 0 Å². The lowest BCUT2D eigenvalue weighted by atomic mass is 9.97. The van der Waals surface area contributed by atoms with Crippen molar-refractivity contribution in [3.8, 4) is 0 Å². The van der Waals surface area contributed by atoms with Crippen LogP contribution in [0.4, 0.5) is 0 Å². The highest BCUT2D eigenvalue weighted by Crippen LogP contribution is 2.21. The summed E-state index contributed by atoms with van der Waals surface area (Å²) in [5.74, 6) is 1.43. The zero-order valence-electron chi connectivity index (χ0n) is 8.96. The molecule has 0 aliphatic carbocycles. The van der Waals surface area contributed by atoms with Crippen molar-refractivity contribution in [1.82, 2.24) is 10.2 Å². The molecule has 0 bridgehead atoms. The van der Waals surface area contributed by atoms with Crippen LogP contribution in [0.1, 0.15) is 26.2 Å². The Kier molecular flexibility index (Phi) is 3.06. The Balaban J connectivity index is 1.87.